The standard InChI is InChI=1S/C16H19Cl2NS/c1-10-6-4-5-7-13(10)8-11(2)19-12(3)14-9-15(17)20-16(14)18/h4-7,9,11-12,19H,8H2,1-3H3. The van der Waals surface area contributed by atoms with Gasteiger partial charge in [-0.25, -0.2) is 0 Å². The van der Waals surface area contributed by atoms with Crippen molar-refractivity contribution in [2.45, 2.75) is 39.3 Å². The van der Waals surface area contributed by atoms with E-state index in [9.17, 15) is 0 Å². The molecule has 0 fully saturated rings. The van der Waals surface area contributed by atoms with E-state index >= 15 is 0 Å². The molecule has 0 aliphatic carbocycles. The molecule has 2 rings (SSSR count). The number of aryl methyl sites for hydroxylation is 1. The first kappa shape index (κ1) is 15.8. The van der Waals surface area contributed by atoms with Crippen LogP contribution in [0.2, 0.25) is 8.67 Å². The highest BCUT2D eigenvalue weighted by atomic mass is 35.5. The number of halogens is 2. The van der Waals surface area contributed by atoms with Crippen LogP contribution in [0, 0.1) is 6.92 Å². The molecule has 0 spiro atoms. The lowest BCUT2D eigenvalue weighted by Gasteiger charge is -2.20. The third-order valence-corrected chi connectivity index (χ3v) is 4.99. The molecule has 0 saturated heterocycles. The first-order valence-electron chi connectivity index (χ1n) is 6.72. The molecular weight excluding hydrogens is 309 g/mol. The van der Waals surface area contributed by atoms with Gasteiger partial charge in [0.1, 0.15) is 0 Å². The molecule has 0 aliphatic heterocycles. The van der Waals surface area contributed by atoms with Crippen LogP contribution in [-0.4, -0.2) is 6.04 Å². The second kappa shape index (κ2) is 6.95. The van der Waals surface area contributed by atoms with Crippen molar-refractivity contribution in [3.63, 3.8) is 0 Å². The van der Waals surface area contributed by atoms with Gasteiger partial charge < -0.3 is 5.32 Å². The number of hydrogen-bond donors (Lipinski definition) is 1. The Kier molecular flexibility index (Phi) is 5.50. The van der Waals surface area contributed by atoms with Crippen molar-refractivity contribution in [2.75, 3.05) is 0 Å². The van der Waals surface area contributed by atoms with Crippen molar-refractivity contribution in [1.82, 2.24) is 5.32 Å². The number of nitrogens with one attached hydrogen (secondary N) is 1. The third kappa shape index (κ3) is 3.98. The Balaban J connectivity index is 1.99. The zero-order chi connectivity index (χ0) is 14.7. The largest absolute Gasteiger partial charge is 0.307 e. The summed E-state index contributed by atoms with van der Waals surface area (Å²) in [5, 5.41) is 3.59. The van der Waals surface area contributed by atoms with Gasteiger partial charge in [0, 0.05) is 12.1 Å². The summed E-state index contributed by atoms with van der Waals surface area (Å²) < 4.78 is 1.52. The van der Waals surface area contributed by atoms with E-state index in [2.05, 4.69) is 50.4 Å². The first-order valence-corrected chi connectivity index (χ1v) is 8.30. The van der Waals surface area contributed by atoms with Crippen LogP contribution in [0.1, 0.15) is 36.6 Å². The lowest BCUT2D eigenvalue weighted by atomic mass is 10.0. The minimum absolute atomic E-state index is 0.199. The molecule has 1 N–H and O–H groups in total. The molecule has 1 nitrogen and oxygen atoms in total. The van der Waals surface area contributed by atoms with Gasteiger partial charge in [0.15, 0.2) is 0 Å². The highest BCUT2D eigenvalue weighted by Gasteiger charge is 2.15. The molecule has 4 heteroatoms. The zero-order valence-electron chi connectivity index (χ0n) is 11.9. The third-order valence-electron chi connectivity index (χ3n) is 3.47. The molecule has 1 aromatic heterocycles. The van der Waals surface area contributed by atoms with Crippen LogP contribution in [0.4, 0.5) is 0 Å². The molecule has 0 aliphatic rings. The number of rotatable bonds is 5. The summed E-state index contributed by atoms with van der Waals surface area (Å²) in [6.07, 6.45) is 1.01. The van der Waals surface area contributed by atoms with E-state index in [1.807, 2.05) is 6.07 Å². The molecule has 2 aromatic rings. The summed E-state index contributed by atoms with van der Waals surface area (Å²) in [5.74, 6) is 0. The first-order chi connectivity index (χ1) is 9.47. The molecule has 0 radical (unpaired) electrons. The van der Waals surface area contributed by atoms with Crippen molar-refractivity contribution in [3.8, 4) is 0 Å². The van der Waals surface area contributed by atoms with E-state index < -0.39 is 0 Å². The van der Waals surface area contributed by atoms with Gasteiger partial charge in [-0.3, -0.25) is 0 Å². The Labute approximate surface area is 134 Å². The van der Waals surface area contributed by atoms with Gasteiger partial charge in [-0.05, 0) is 49.9 Å². The molecule has 2 atom stereocenters. The summed E-state index contributed by atoms with van der Waals surface area (Å²) in [6.45, 7) is 6.48. The molecule has 1 aromatic carbocycles. The predicted octanol–water partition coefficient (Wildman–Crippen LogP) is 5.65. The fourth-order valence-electron chi connectivity index (χ4n) is 2.39. The maximum Gasteiger partial charge on any atom is 0.0991 e. The fourth-order valence-corrected chi connectivity index (χ4v) is 4.04. The average Bonchev–Trinajstić information content (AvgIpc) is 2.71. The predicted molar refractivity (Wildman–Crippen MR) is 90.2 cm³/mol. The van der Waals surface area contributed by atoms with E-state index in [4.69, 9.17) is 23.2 Å². The van der Waals surface area contributed by atoms with Crippen molar-refractivity contribution in [1.29, 1.82) is 0 Å². The van der Waals surface area contributed by atoms with Gasteiger partial charge in [-0.2, -0.15) is 0 Å². The quantitative estimate of drug-likeness (QED) is 0.748. The van der Waals surface area contributed by atoms with Crippen LogP contribution >= 0.6 is 34.5 Å². The van der Waals surface area contributed by atoms with Gasteiger partial charge in [0.05, 0.1) is 8.67 Å². The van der Waals surface area contributed by atoms with Crippen molar-refractivity contribution in [3.05, 3.63) is 55.7 Å². The zero-order valence-corrected chi connectivity index (χ0v) is 14.2. The molecular formula is C16H19Cl2NS. The minimum atomic E-state index is 0.199. The van der Waals surface area contributed by atoms with Gasteiger partial charge in [-0.15, -0.1) is 11.3 Å². The summed E-state index contributed by atoms with van der Waals surface area (Å²) in [4.78, 5) is 0. The molecule has 0 bridgehead atoms. The monoisotopic (exact) mass is 327 g/mol. The van der Waals surface area contributed by atoms with Crippen LogP contribution in [0.25, 0.3) is 0 Å². The van der Waals surface area contributed by atoms with Gasteiger partial charge in [0.25, 0.3) is 0 Å². The van der Waals surface area contributed by atoms with E-state index in [1.54, 1.807) is 0 Å². The summed E-state index contributed by atoms with van der Waals surface area (Å²) >= 11 is 13.6. The Bertz CT molecular complexity index is 580. The van der Waals surface area contributed by atoms with Crippen LogP contribution in [0.5, 0.6) is 0 Å². The number of hydrogen-bond acceptors (Lipinski definition) is 2. The van der Waals surface area contributed by atoms with E-state index in [1.165, 1.54) is 22.5 Å². The maximum absolute atomic E-state index is 6.20. The fraction of sp³-hybridized carbons (Fsp3) is 0.375. The highest BCUT2D eigenvalue weighted by molar-refractivity contribution is 7.20. The van der Waals surface area contributed by atoms with E-state index in [0.29, 0.717) is 6.04 Å². The maximum atomic E-state index is 6.20. The minimum Gasteiger partial charge on any atom is -0.307 e. The Morgan fingerprint density at radius 3 is 2.50 bits per heavy atom. The van der Waals surface area contributed by atoms with Crippen LogP contribution in [-0.2, 0) is 6.42 Å². The molecule has 108 valence electrons. The SMILES string of the molecule is Cc1ccccc1CC(C)NC(C)c1cc(Cl)sc1Cl. The Morgan fingerprint density at radius 1 is 1.20 bits per heavy atom. The van der Waals surface area contributed by atoms with Crippen LogP contribution < -0.4 is 5.32 Å². The van der Waals surface area contributed by atoms with E-state index in [0.717, 1.165) is 20.7 Å². The van der Waals surface area contributed by atoms with Crippen molar-refractivity contribution >= 4 is 34.5 Å². The molecule has 0 amide bonds. The van der Waals surface area contributed by atoms with E-state index in [-0.39, 0.29) is 6.04 Å². The molecule has 2 unspecified atom stereocenters. The summed E-state index contributed by atoms with van der Waals surface area (Å²) in [7, 11) is 0. The lowest BCUT2D eigenvalue weighted by Crippen LogP contribution is -2.30. The summed E-state index contributed by atoms with van der Waals surface area (Å²) in [6, 6.07) is 11.0. The highest BCUT2D eigenvalue weighted by Crippen LogP contribution is 2.35. The smallest absolute Gasteiger partial charge is 0.0991 e. The van der Waals surface area contributed by atoms with Crippen molar-refractivity contribution < 1.29 is 0 Å². The molecule has 0 saturated carbocycles. The second-order valence-corrected chi connectivity index (χ2v) is 7.49. The van der Waals surface area contributed by atoms with Crippen LogP contribution in [0.15, 0.2) is 30.3 Å². The average molecular weight is 328 g/mol. The molecule has 20 heavy (non-hydrogen) atoms. The van der Waals surface area contributed by atoms with Gasteiger partial charge in [0.2, 0.25) is 0 Å². The molecule has 1 heterocycles. The number of benzene rings is 1. The normalized spacial score (nSPS) is 14.2. The summed E-state index contributed by atoms with van der Waals surface area (Å²) in [5.41, 5.74) is 3.80. The van der Waals surface area contributed by atoms with Crippen LogP contribution in [0.3, 0.4) is 0 Å². The van der Waals surface area contributed by atoms with Gasteiger partial charge >= 0.3 is 0 Å². The Morgan fingerprint density at radius 2 is 1.90 bits per heavy atom. The number of thiophene rings is 1. The van der Waals surface area contributed by atoms with Gasteiger partial charge in [-0.1, -0.05) is 47.5 Å². The topological polar surface area (TPSA) is 12.0 Å². The van der Waals surface area contributed by atoms with Crippen molar-refractivity contribution in [2.24, 2.45) is 0 Å². The Hall–Kier alpha value is -0.540. The lowest BCUT2D eigenvalue weighted by molar-refractivity contribution is 0.477. The second-order valence-electron chi connectivity index (χ2n) is 5.20.